The average Bonchev–Trinajstić information content (AvgIpc) is 2.63. The molecule has 2 aromatic carbocycles. The Hall–Kier alpha value is -3.61. The van der Waals surface area contributed by atoms with E-state index in [-0.39, 0.29) is 11.8 Å². The highest BCUT2D eigenvalue weighted by atomic mass is 16.5. The number of carbonyl (C=O) groups excluding carboxylic acids is 1. The molecule has 0 bridgehead atoms. The lowest BCUT2D eigenvalue weighted by molar-refractivity contribution is -0.114. The van der Waals surface area contributed by atoms with Crippen molar-refractivity contribution in [3.63, 3.8) is 0 Å². The van der Waals surface area contributed by atoms with Crippen molar-refractivity contribution in [3.05, 3.63) is 59.9 Å². The van der Waals surface area contributed by atoms with Crippen molar-refractivity contribution in [1.82, 2.24) is 9.97 Å². The zero-order valence-electron chi connectivity index (χ0n) is 15.4. The Kier molecular flexibility index (Phi) is 5.21. The molecule has 0 atom stereocenters. The molecule has 138 valence electrons. The Morgan fingerprint density at radius 2 is 1.70 bits per heavy atom. The number of nitrogen functional groups attached to an aromatic ring is 1. The number of benzene rings is 2. The smallest absolute Gasteiger partial charge is 0.248 e. The summed E-state index contributed by atoms with van der Waals surface area (Å²) >= 11 is 0. The number of aryl methyl sites for hydroxylation is 2. The van der Waals surface area contributed by atoms with Gasteiger partial charge in [0.15, 0.2) is 5.82 Å². The second-order valence-electron chi connectivity index (χ2n) is 6.17. The molecule has 27 heavy (non-hydrogen) atoms. The SMILES string of the molecule is CC(=O)Nc1ccc(Nc2ncnc(Oc3ccc(C)c(C)c3)c2N)cc1. The topological polar surface area (TPSA) is 102 Å². The van der Waals surface area contributed by atoms with Crippen LogP contribution in [-0.2, 0) is 4.79 Å². The third-order valence-corrected chi connectivity index (χ3v) is 4.01. The maximum Gasteiger partial charge on any atom is 0.248 e. The molecule has 1 heterocycles. The number of hydrogen-bond acceptors (Lipinski definition) is 6. The number of aromatic nitrogens is 2. The first-order valence-corrected chi connectivity index (χ1v) is 8.42. The molecule has 1 amide bonds. The number of nitrogens with one attached hydrogen (secondary N) is 2. The lowest BCUT2D eigenvalue weighted by Crippen LogP contribution is -2.06. The van der Waals surface area contributed by atoms with Crippen LogP contribution in [0.1, 0.15) is 18.1 Å². The molecule has 4 N–H and O–H groups in total. The van der Waals surface area contributed by atoms with E-state index in [0.717, 1.165) is 11.3 Å². The fourth-order valence-corrected chi connectivity index (χ4v) is 2.43. The Morgan fingerprint density at radius 3 is 2.37 bits per heavy atom. The van der Waals surface area contributed by atoms with E-state index < -0.39 is 0 Å². The van der Waals surface area contributed by atoms with Crippen LogP contribution >= 0.6 is 0 Å². The van der Waals surface area contributed by atoms with Crippen molar-refractivity contribution >= 4 is 28.8 Å². The van der Waals surface area contributed by atoms with Crippen molar-refractivity contribution in [2.45, 2.75) is 20.8 Å². The second-order valence-corrected chi connectivity index (χ2v) is 6.17. The zero-order chi connectivity index (χ0) is 19.4. The van der Waals surface area contributed by atoms with Gasteiger partial charge in [-0.15, -0.1) is 0 Å². The largest absolute Gasteiger partial charge is 0.437 e. The summed E-state index contributed by atoms with van der Waals surface area (Å²) in [5.41, 5.74) is 10.3. The van der Waals surface area contributed by atoms with Gasteiger partial charge in [0.05, 0.1) is 0 Å². The Labute approximate surface area is 157 Å². The first kappa shape index (κ1) is 18.2. The normalized spacial score (nSPS) is 10.3. The Bertz CT molecular complexity index is 971. The van der Waals surface area contributed by atoms with Crippen LogP contribution in [0.3, 0.4) is 0 Å². The summed E-state index contributed by atoms with van der Waals surface area (Å²) in [6, 6.07) is 13.0. The highest BCUT2D eigenvalue weighted by Gasteiger charge is 2.11. The number of nitrogens with two attached hydrogens (primary N) is 1. The fraction of sp³-hybridized carbons (Fsp3) is 0.150. The summed E-state index contributed by atoms with van der Waals surface area (Å²) in [6.45, 7) is 5.52. The molecule has 0 fully saturated rings. The third kappa shape index (κ3) is 4.52. The van der Waals surface area contributed by atoms with Crippen LogP contribution in [0.25, 0.3) is 0 Å². The average molecular weight is 363 g/mol. The lowest BCUT2D eigenvalue weighted by atomic mass is 10.1. The monoisotopic (exact) mass is 363 g/mol. The maximum atomic E-state index is 11.1. The second kappa shape index (κ2) is 7.74. The summed E-state index contributed by atoms with van der Waals surface area (Å²) in [5, 5.41) is 5.85. The number of amides is 1. The van der Waals surface area contributed by atoms with Gasteiger partial charge in [-0.2, -0.15) is 4.98 Å². The highest BCUT2D eigenvalue weighted by molar-refractivity contribution is 5.89. The first-order chi connectivity index (χ1) is 12.9. The van der Waals surface area contributed by atoms with E-state index in [1.54, 1.807) is 12.1 Å². The van der Waals surface area contributed by atoms with Gasteiger partial charge < -0.3 is 21.1 Å². The van der Waals surface area contributed by atoms with E-state index >= 15 is 0 Å². The van der Waals surface area contributed by atoms with Crippen LogP contribution in [0.15, 0.2) is 48.8 Å². The molecule has 0 radical (unpaired) electrons. The molecule has 7 heteroatoms. The Balaban J connectivity index is 1.78. The van der Waals surface area contributed by atoms with Crippen LogP contribution in [0.5, 0.6) is 11.6 Å². The molecular formula is C20H21N5O2. The quantitative estimate of drug-likeness (QED) is 0.629. The van der Waals surface area contributed by atoms with Gasteiger partial charge in [0.1, 0.15) is 17.8 Å². The minimum absolute atomic E-state index is 0.121. The van der Waals surface area contributed by atoms with E-state index in [1.807, 2.05) is 44.2 Å². The van der Waals surface area contributed by atoms with Gasteiger partial charge in [-0.1, -0.05) is 6.07 Å². The van der Waals surface area contributed by atoms with Gasteiger partial charge >= 0.3 is 0 Å². The number of rotatable bonds is 5. The molecule has 3 rings (SSSR count). The summed E-state index contributed by atoms with van der Waals surface area (Å²) in [4.78, 5) is 19.4. The van der Waals surface area contributed by atoms with Gasteiger partial charge in [0, 0.05) is 18.3 Å². The lowest BCUT2D eigenvalue weighted by Gasteiger charge is -2.13. The molecule has 0 spiro atoms. The van der Waals surface area contributed by atoms with Crippen LogP contribution in [-0.4, -0.2) is 15.9 Å². The maximum absolute atomic E-state index is 11.1. The molecule has 7 nitrogen and oxygen atoms in total. The summed E-state index contributed by atoms with van der Waals surface area (Å²) < 4.78 is 5.82. The van der Waals surface area contributed by atoms with Crippen molar-refractivity contribution in [3.8, 4) is 11.6 Å². The van der Waals surface area contributed by atoms with E-state index in [1.165, 1.54) is 18.8 Å². The van der Waals surface area contributed by atoms with Gasteiger partial charge in [-0.25, -0.2) is 4.98 Å². The highest BCUT2D eigenvalue weighted by Crippen LogP contribution is 2.31. The number of nitrogens with zero attached hydrogens (tertiary/aromatic N) is 2. The van der Waals surface area contributed by atoms with Crippen molar-refractivity contribution in [2.24, 2.45) is 0 Å². The third-order valence-electron chi connectivity index (χ3n) is 4.01. The predicted molar refractivity (Wildman–Crippen MR) is 106 cm³/mol. The zero-order valence-corrected chi connectivity index (χ0v) is 15.4. The Morgan fingerprint density at radius 1 is 1.00 bits per heavy atom. The van der Waals surface area contributed by atoms with Crippen LogP contribution in [0, 0.1) is 13.8 Å². The first-order valence-electron chi connectivity index (χ1n) is 8.42. The van der Waals surface area contributed by atoms with Crippen LogP contribution in [0.2, 0.25) is 0 Å². The fourth-order valence-electron chi connectivity index (χ4n) is 2.43. The van der Waals surface area contributed by atoms with E-state index in [9.17, 15) is 4.79 Å². The molecule has 3 aromatic rings. The molecule has 0 aliphatic carbocycles. The molecule has 0 unspecified atom stereocenters. The minimum atomic E-state index is -0.121. The summed E-state index contributed by atoms with van der Waals surface area (Å²) in [6.07, 6.45) is 1.39. The molecule has 0 aliphatic rings. The molecular weight excluding hydrogens is 342 g/mol. The van der Waals surface area contributed by atoms with Gasteiger partial charge in [0.2, 0.25) is 11.8 Å². The number of carbonyl (C=O) groups is 1. The standard InChI is InChI=1S/C20H21N5O2/c1-12-4-9-17(10-13(12)2)27-20-18(21)19(22-11-23-20)25-16-7-5-15(6-8-16)24-14(3)26/h4-11H,21H2,1-3H3,(H,24,26)(H,22,23,25). The molecule has 0 saturated heterocycles. The van der Waals surface area contributed by atoms with Crippen molar-refractivity contribution < 1.29 is 9.53 Å². The van der Waals surface area contributed by atoms with Crippen LogP contribution in [0.4, 0.5) is 22.9 Å². The molecule has 1 aromatic heterocycles. The summed E-state index contributed by atoms with van der Waals surface area (Å²) in [5.74, 6) is 1.26. The predicted octanol–water partition coefficient (Wildman–Crippen LogP) is 4.17. The van der Waals surface area contributed by atoms with Crippen molar-refractivity contribution in [2.75, 3.05) is 16.4 Å². The van der Waals surface area contributed by atoms with E-state index in [0.29, 0.717) is 22.9 Å². The van der Waals surface area contributed by atoms with Crippen molar-refractivity contribution in [1.29, 1.82) is 0 Å². The van der Waals surface area contributed by atoms with E-state index in [4.69, 9.17) is 10.5 Å². The van der Waals surface area contributed by atoms with Gasteiger partial charge in [0.25, 0.3) is 0 Å². The number of anilines is 4. The number of hydrogen-bond donors (Lipinski definition) is 3. The summed E-state index contributed by atoms with van der Waals surface area (Å²) in [7, 11) is 0. The molecule has 0 saturated carbocycles. The van der Waals surface area contributed by atoms with Gasteiger partial charge in [-0.3, -0.25) is 4.79 Å². The van der Waals surface area contributed by atoms with Gasteiger partial charge in [-0.05, 0) is 61.4 Å². The molecule has 0 aliphatic heterocycles. The van der Waals surface area contributed by atoms with E-state index in [2.05, 4.69) is 20.6 Å². The van der Waals surface area contributed by atoms with Crippen LogP contribution < -0.4 is 21.1 Å². The minimum Gasteiger partial charge on any atom is -0.437 e. The number of ether oxygens (including phenoxy) is 1.